The second-order valence-corrected chi connectivity index (χ2v) is 14.8. The van der Waals surface area contributed by atoms with E-state index in [1.807, 2.05) is 18.2 Å². The van der Waals surface area contributed by atoms with Crippen molar-refractivity contribution in [3.63, 3.8) is 0 Å². The van der Waals surface area contributed by atoms with Crippen LogP contribution >= 0.6 is 7.14 Å². The molecule has 4 aromatic rings. The van der Waals surface area contributed by atoms with Crippen molar-refractivity contribution in [1.29, 1.82) is 0 Å². The summed E-state index contributed by atoms with van der Waals surface area (Å²) in [7, 11) is -2.97. The van der Waals surface area contributed by atoms with Crippen LogP contribution in [0.5, 0.6) is 0 Å². The number of hydrogen-bond acceptors (Lipinski definition) is 1. The Bertz CT molecular complexity index is 1200. The van der Waals surface area contributed by atoms with Crippen LogP contribution in [0.4, 0.5) is 0 Å². The standard InChI is InChI=1S/C28H25OPSe2/c29-30(26-13-2-1-3-14-26)27-15-6-4-11-24(27)20-31-18-22-9-8-10-23(17-22)19-32-21-25-12-5-7-16-28(25)30/h1-17H,18-21H2. The number of benzene rings is 4. The summed E-state index contributed by atoms with van der Waals surface area (Å²) >= 11 is 0.843. The van der Waals surface area contributed by atoms with Gasteiger partial charge in [0.2, 0.25) is 0 Å². The summed E-state index contributed by atoms with van der Waals surface area (Å²) in [5.74, 6) is 0. The van der Waals surface area contributed by atoms with E-state index in [1.165, 1.54) is 22.3 Å². The topological polar surface area (TPSA) is 17.1 Å². The van der Waals surface area contributed by atoms with Gasteiger partial charge in [-0.2, -0.15) is 0 Å². The van der Waals surface area contributed by atoms with Crippen LogP contribution in [-0.4, -0.2) is 29.9 Å². The van der Waals surface area contributed by atoms with Gasteiger partial charge in [0.25, 0.3) is 0 Å². The molecule has 5 rings (SSSR count). The number of hydrogen-bond donors (Lipinski definition) is 0. The van der Waals surface area contributed by atoms with Crippen LogP contribution < -0.4 is 15.9 Å². The van der Waals surface area contributed by atoms with Gasteiger partial charge in [-0.1, -0.05) is 0 Å². The van der Waals surface area contributed by atoms with Gasteiger partial charge in [-0.15, -0.1) is 0 Å². The first-order chi connectivity index (χ1) is 15.7. The monoisotopic (exact) mass is 568 g/mol. The summed E-state index contributed by atoms with van der Waals surface area (Å²) < 4.78 is 15.2. The van der Waals surface area contributed by atoms with Gasteiger partial charge in [0.15, 0.2) is 0 Å². The molecule has 0 saturated carbocycles. The molecular weight excluding hydrogens is 541 g/mol. The van der Waals surface area contributed by atoms with Crippen molar-refractivity contribution >= 4 is 53.0 Å². The van der Waals surface area contributed by atoms with E-state index in [9.17, 15) is 0 Å². The molecule has 0 N–H and O–H groups in total. The fraction of sp³-hybridized carbons (Fsp3) is 0.143. The van der Waals surface area contributed by atoms with Crippen molar-refractivity contribution in [1.82, 2.24) is 0 Å². The molecule has 0 fully saturated rings. The third-order valence-corrected chi connectivity index (χ3v) is 13.5. The summed E-state index contributed by atoms with van der Waals surface area (Å²) in [6, 6.07) is 36.3. The second-order valence-electron chi connectivity index (χ2n) is 8.01. The molecular formula is C28H25OPSe2. The molecule has 160 valence electrons. The summed E-state index contributed by atoms with van der Waals surface area (Å²) in [5, 5.41) is 7.23. The minimum absolute atomic E-state index is 0.422. The van der Waals surface area contributed by atoms with Gasteiger partial charge in [-0.05, 0) is 0 Å². The molecule has 0 saturated heterocycles. The summed E-state index contributed by atoms with van der Waals surface area (Å²) in [6.45, 7) is 0. The van der Waals surface area contributed by atoms with Crippen molar-refractivity contribution in [2.75, 3.05) is 0 Å². The predicted octanol–water partition coefficient (Wildman–Crippen LogP) is 4.45. The quantitative estimate of drug-likeness (QED) is 0.246. The third-order valence-electron chi connectivity index (χ3n) is 5.83. The van der Waals surface area contributed by atoms with Gasteiger partial charge in [0.1, 0.15) is 0 Å². The Morgan fingerprint density at radius 2 is 1.03 bits per heavy atom. The SMILES string of the molecule is O=P1(c2ccccc2)c2ccccc2C[Se]Cc2cccc(c2)C[Se]Cc2ccccc21. The van der Waals surface area contributed by atoms with Crippen molar-refractivity contribution < 1.29 is 4.57 Å². The van der Waals surface area contributed by atoms with E-state index in [-0.39, 0.29) is 0 Å². The maximum absolute atomic E-state index is 15.2. The van der Waals surface area contributed by atoms with Gasteiger partial charge in [-0.3, -0.25) is 0 Å². The normalized spacial score (nSPS) is 15.8. The molecule has 0 spiro atoms. The fourth-order valence-corrected chi connectivity index (χ4v) is 12.0. The molecule has 0 amide bonds. The molecule has 1 aliphatic heterocycles. The van der Waals surface area contributed by atoms with E-state index < -0.39 is 7.14 Å². The van der Waals surface area contributed by atoms with Crippen molar-refractivity contribution in [2.45, 2.75) is 21.3 Å². The zero-order valence-electron chi connectivity index (χ0n) is 17.8. The van der Waals surface area contributed by atoms with E-state index in [0.29, 0.717) is 29.9 Å². The van der Waals surface area contributed by atoms with E-state index in [1.54, 1.807) is 0 Å². The second kappa shape index (κ2) is 9.96. The molecule has 1 aliphatic rings. The Hall–Kier alpha value is -1.85. The minimum atomic E-state index is -2.97. The Kier molecular flexibility index (Phi) is 6.84. The van der Waals surface area contributed by atoms with Crippen LogP contribution in [0, 0.1) is 0 Å². The third kappa shape index (κ3) is 4.47. The molecule has 1 nitrogen and oxygen atoms in total. The van der Waals surface area contributed by atoms with Crippen molar-refractivity contribution in [2.24, 2.45) is 0 Å². The van der Waals surface area contributed by atoms with E-state index >= 15 is 4.57 Å². The van der Waals surface area contributed by atoms with Crippen LogP contribution in [0.2, 0.25) is 0 Å². The molecule has 0 radical (unpaired) electrons. The molecule has 0 aliphatic carbocycles. The Balaban J connectivity index is 1.70. The van der Waals surface area contributed by atoms with Crippen LogP contribution in [0.15, 0.2) is 103 Å². The zero-order chi connectivity index (χ0) is 21.8. The summed E-state index contributed by atoms with van der Waals surface area (Å²) in [6.07, 6.45) is 0. The van der Waals surface area contributed by atoms with Gasteiger partial charge < -0.3 is 0 Å². The van der Waals surface area contributed by atoms with Gasteiger partial charge >= 0.3 is 204 Å². The summed E-state index contributed by atoms with van der Waals surface area (Å²) in [4.78, 5) is 0. The average Bonchev–Trinajstić information content (AvgIpc) is 2.85. The number of fused-ring (bicyclic) bond motifs is 4. The molecule has 4 aromatic carbocycles. The van der Waals surface area contributed by atoms with E-state index in [2.05, 4.69) is 84.9 Å². The first kappa shape index (κ1) is 22.0. The molecule has 1 heterocycles. The van der Waals surface area contributed by atoms with Crippen LogP contribution in [0.25, 0.3) is 0 Å². The average molecular weight is 566 g/mol. The summed E-state index contributed by atoms with van der Waals surface area (Å²) in [5.41, 5.74) is 5.38. The zero-order valence-corrected chi connectivity index (χ0v) is 22.1. The Morgan fingerprint density at radius 3 is 1.59 bits per heavy atom. The van der Waals surface area contributed by atoms with Gasteiger partial charge in [0.05, 0.1) is 0 Å². The molecule has 2 bridgehead atoms. The first-order valence-corrected chi connectivity index (χ1v) is 17.4. The molecule has 0 aromatic heterocycles. The van der Waals surface area contributed by atoms with Gasteiger partial charge in [-0.25, -0.2) is 0 Å². The van der Waals surface area contributed by atoms with Crippen LogP contribution in [-0.2, 0) is 25.8 Å². The maximum atomic E-state index is 15.2. The fourth-order valence-electron chi connectivity index (χ4n) is 4.29. The molecule has 0 atom stereocenters. The van der Waals surface area contributed by atoms with Crippen molar-refractivity contribution in [3.8, 4) is 0 Å². The number of rotatable bonds is 1. The molecule has 4 heteroatoms. The molecule has 0 unspecified atom stereocenters. The van der Waals surface area contributed by atoms with Gasteiger partial charge in [0, 0.05) is 0 Å². The Morgan fingerprint density at radius 1 is 0.531 bits per heavy atom. The van der Waals surface area contributed by atoms with Crippen LogP contribution in [0.1, 0.15) is 22.3 Å². The molecule has 32 heavy (non-hydrogen) atoms. The van der Waals surface area contributed by atoms with E-state index in [0.717, 1.165) is 37.2 Å². The Labute approximate surface area is 203 Å². The van der Waals surface area contributed by atoms with Crippen molar-refractivity contribution in [3.05, 3.63) is 125 Å². The van der Waals surface area contributed by atoms with Crippen LogP contribution in [0.3, 0.4) is 0 Å². The van der Waals surface area contributed by atoms with E-state index in [4.69, 9.17) is 0 Å². The first-order valence-electron chi connectivity index (χ1n) is 10.8. The predicted molar refractivity (Wildman–Crippen MR) is 139 cm³/mol.